The molecule has 0 radical (unpaired) electrons. The van der Waals surface area contributed by atoms with Crippen LogP contribution in [0.25, 0.3) is 11.1 Å². The number of carbonyl (C=O) groups excluding carboxylic acids is 1. The molecule has 0 saturated carbocycles. The maximum atomic E-state index is 13.7. The zero-order valence-electron chi connectivity index (χ0n) is 9.05. The largest absolute Gasteiger partial charge is 0.465 e. The molecule has 4 nitrogen and oxygen atoms in total. The minimum Gasteiger partial charge on any atom is -0.465 e. The molecule has 17 heavy (non-hydrogen) atoms. The van der Waals surface area contributed by atoms with Crippen LogP contribution in [-0.4, -0.2) is 23.0 Å². The van der Waals surface area contributed by atoms with Crippen LogP contribution in [0.4, 0.5) is 4.39 Å². The number of nitrogens with zero attached hydrogens (tertiary/aromatic N) is 2. The van der Waals surface area contributed by atoms with Gasteiger partial charge in [0.2, 0.25) is 5.95 Å². The summed E-state index contributed by atoms with van der Waals surface area (Å²) in [5.41, 5.74) is 0.805. The minimum atomic E-state index is -0.709. The lowest BCUT2D eigenvalue weighted by atomic mass is 10.0. The van der Waals surface area contributed by atoms with Gasteiger partial charge in [-0.15, -0.1) is 0 Å². The molecule has 2 aromatic heterocycles. The van der Waals surface area contributed by atoms with Crippen molar-refractivity contribution >= 4 is 5.97 Å². The van der Waals surface area contributed by atoms with E-state index in [2.05, 4.69) is 14.7 Å². The summed E-state index contributed by atoms with van der Waals surface area (Å²) in [5.74, 6) is -1.31. The third-order valence-corrected chi connectivity index (χ3v) is 2.28. The van der Waals surface area contributed by atoms with Crippen molar-refractivity contribution in [2.24, 2.45) is 0 Å². The zero-order chi connectivity index (χ0) is 12.3. The van der Waals surface area contributed by atoms with Crippen molar-refractivity contribution in [1.29, 1.82) is 0 Å². The Morgan fingerprint density at radius 1 is 1.24 bits per heavy atom. The van der Waals surface area contributed by atoms with Crippen LogP contribution in [-0.2, 0) is 4.74 Å². The Labute approximate surface area is 97.1 Å². The lowest BCUT2D eigenvalue weighted by Gasteiger charge is -2.07. The Morgan fingerprint density at radius 2 is 1.94 bits per heavy atom. The summed E-state index contributed by atoms with van der Waals surface area (Å²) < 4.78 is 18.3. The minimum absolute atomic E-state index is 0.127. The van der Waals surface area contributed by atoms with E-state index in [-0.39, 0.29) is 11.1 Å². The van der Waals surface area contributed by atoms with E-state index < -0.39 is 11.9 Å². The van der Waals surface area contributed by atoms with Gasteiger partial charge in [0.15, 0.2) is 0 Å². The average Bonchev–Trinajstić information content (AvgIpc) is 2.38. The van der Waals surface area contributed by atoms with Crippen LogP contribution in [0.3, 0.4) is 0 Å². The molecule has 0 aliphatic heterocycles. The van der Waals surface area contributed by atoms with Crippen LogP contribution in [0, 0.1) is 5.95 Å². The second kappa shape index (κ2) is 4.69. The number of hydrogen-bond donors (Lipinski definition) is 0. The molecule has 2 rings (SSSR count). The molecule has 0 saturated heterocycles. The maximum absolute atomic E-state index is 13.7. The summed E-state index contributed by atoms with van der Waals surface area (Å²) in [6, 6.07) is 4.63. The molecule has 0 aliphatic rings. The summed E-state index contributed by atoms with van der Waals surface area (Å²) in [6.45, 7) is 0. The second-order valence-electron chi connectivity index (χ2n) is 3.25. The number of rotatable bonds is 2. The molecule has 2 aromatic rings. The maximum Gasteiger partial charge on any atom is 0.338 e. The molecule has 86 valence electrons. The summed E-state index contributed by atoms with van der Waals surface area (Å²) in [4.78, 5) is 18.9. The van der Waals surface area contributed by atoms with E-state index in [4.69, 9.17) is 0 Å². The molecule has 0 bridgehead atoms. The van der Waals surface area contributed by atoms with Gasteiger partial charge in [-0.25, -0.2) is 9.78 Å². The molecular formula is C12H9FN2O2. The van der Waals surface area contributed by atoms with Gasteiger partial charge in [-0.05, 0) is 23.8 Å². The molecule has 0 aliphatic carbocycles. The van der Waals surface area contributed by atoms with Crippen LogP contribution in [0.2, 0.25) is 0 Å². The van der Waals surface area contributed by atoms with Gasteiger partial charge in [-0.1, -0.05) is 0 Å². The zero-order valence-corrected chi connectivity index (χ0v) is 9.05. The fourth-order valence-electron chi connectivity index (χ4n) is 1.51. The SMILES string of the molecule is COC(=O)c1ccnc(F)c1-c1ccncc1. The smallest absolute Gasteiger partial charge is 0.338 e. The van der Waals surface area contributed by atoms with Crippen LogP contribution in [0.5, 0.6) is 0 Å². The summed E-state index contributed by atoms with van der Waals surface area (Å²) in [6.07, 6.45) is 4.26. The molecule has 0 amide bonds. The number of aromatic nitrogens is 2. The molecule has 0 unspecified atom stereocenters. The number of ether oxygens (including phenoxy) is 1. The van der Waals surface area contributed by atoms with Crippen molar-refractivity contribution in [3.8, 4) is 11.1 Å². The van der Waals surface area contributed by atoms with Crippen LogP contribution >= 0.6 is 0 Å². The van der Waals surface area contributed by atoms with E-state index in [1.54, 1.807) is 12.1 Å². The van der Waals surface area contributed by atoms with Crippen molar-refractivity contribution < 1.29 is 13.9 Å². The third-order valence-electron chi connectivity index (χ3n) is 2.28. The van der Waals surface area contributed by atoms with Gasteiger partial charge in [-0.3, -0.25) is 4.98 Å². The van der Waals surface area contributed by atoms with Gasteiger partial charge in [0, 0.05) is 18.6 Å². The van der Waals surface area contributed by atoms with Crippen LogP contribution in [0.1, 0.15) is 10.4 Å². The van der Waals surface area contributed by atoms with Crippen LogP contribution < -0.4 is 0 Å². The second-order valence-corrected chi connectivity index (χ2v) is 3.25. The quantitative estimate of drug-likeness (QED) is 0.587. The predicted octanol–water partition coefficient (Wildman–Crippen LogP) is 2.07. The van der Waals surface area contributed by atoms with Gasteiger partial charge in [0.1, 0.15) is 0 Å². The van der Waals surface area contributed by atoms with Gasteiger partial charge in [-0.2, -0.15) is 4.39 Å². The number of carbonyl (C=O) groups is 1. The molecule has 0 aromatic carbocycles. The predicted molar refractivity (Wildman–Crippen MR) is 58.8 cm³/mol. The summed E-state index contributed by atoms with van der Waals surface area (Å²) in [7, 11) is 1.25. The van der Waals surface area contributed by atoms with Gasteiger partial charge in [0.05, 0.1) is 18.2 Å². The van der Waals surface area contributed by atoms with Gasteiger partial charge >= 0.3 is 5.97 Å². The molecule has 0 fully saturated rings. The molecule has 2 heterocycles. The van der Waals surface area contributed by atoms with Gasteiger partial charge < -0.3 is 4.74 Å². The number of halogens is 1. The first-order valence-corrected chi connectivity index (χ1v) is 4.87. The van der Waals surface area contributed by atoms with E-state index >= 15 is 0 Å². The number of esters is 1. The Kier molecular flexibility index (Phi) is 3.09. The van der Waals surface area contributed by atoms with E-state index in [0.717, 1.165) is 0 Å². The van der Waals surface area contributed by atoms with Crippen molar-refractivity contribution in [2.75, 3.05) is 7.11 Å². The van der Waals surface area contributed by atoms with Crippen molar-refractivity contribution in [3.63, 3.8) is 0 Å². The monoisotopic (exact) mass is 232 g/mol. The highest BCUT2D eigenvalue weighted by molar-refractivity contribution is 5.97. The topological polar surface area (TPSA) is 52.1 Å². The number of methoxy groups -OCH3 is 1. The fourth-order valence-corrected chi connectivity index (χ4v) is 1.51. The van der Waals surface area contributed by atoms with Crippen molar-refractivity contribution in [1.82, 2.24) is 9.97 Å². The molecule has 0 atom stereocenters. The van der Waals surface area contributed by atoms with E-state index in [9.17, 15) is 9.18 Å². The first-order chi connectivity index (χ1) is 8.24. The van der Waals surface area contributed by atoms with E-state index in [1.807, 2.05) is 0 Å². The lowest BCUT2D eigenvalue weighted by molar-refractivity contribution is 0.0601. The highest BCUT2D eigenvalue weighted by Gasteiger charge is 2.17. The summed E-state index contributed by atoms with van der Waals surface area (Å²) in [5, 5.41) is 0. The molecule has 0 N–H and O–H groups in total. The highest BCUT2D eigenvalue weighted by atomic mass is 19.1. The Morgan fingerprint density at radius 3 is 2.59 bits per heavy atom. The van der Waals surface area contributed by atoms with Crippen molar-refractivity contribution in [2.45, 2.75) is 0 Å². The normalized spacial score (nSPS) is 10.0. The lowest BCUT2D eigenvalue weighted by Crippen LogP contribution is -2.06. The Balaban J connectivity index is 2.64. The van der Waals surface area contributed by atoms with Crippen LogP contribution in [0.15, 0.2) is 36.8 Å². The van der Waals surface area contributed by atoms with Crippen molar-refractivity contribution in [3.05, 3.63) is 48.3 Å². The average molecular weight is 232 g/mol. The molecular weight excluding hydrogens is 223 g/mol. The molecule has 0 spiro atoms. The Bertz CT molecular complexity index is 543. The third kappa shape index (κ3) is 2.13. The highest BCUT2D eigenvalue weighted by Crippen LogP contribution is 2.25. The van der Waals surface area contributed by atoms with Gasteiger partial charge in [0.25, 0.3) is 0 Å². The molecule has 5 heteroatoms. The fraction of sp³-hybridized carbons (Fsp3) is 0.0833. The summed E-state index contributed by atoms with van der Waals surface area (Å²) >= 11 is 0. The standard InChI is InChI=1S/C12H9FN2O2/c1-17-12(16)9-4-7-15-11(13)10(9)8-2-5-14-6-3-8/h2-7H,1H3. The first kappa shape index (κ1) is 11.2. The number of pyridine rings is 2. The number of hydrogen-bond acceptors (Lipinski definition) is 4. The van der Waals surface area contributed by atoms with E-state index in [1.165, 1.54) is 31.8 Å². The van der Waals surface area contributed by atoms with E-state index in [0.29, 0.717) is 5.56 Å². The Hall–Kier alpha value is -2.30. The first-order valence-electron chi connectivity index (χ1n) is 4.87.